The number of thiocarbonyl (C=S) groups is 1. The first kappa shape index (κ1) is 12.6. The monoisotopic (exact) mass is 291 g/mol. The number of amides is 1. The number of rotatable bonds is 3. The van der Waals surface area contributed by atoms with E-state index in [-0.39, 0.29) is 11.2 Å². The standard InChI is InChI=1S/C13H13N3OS2/c1-2-16-12(17)10(19-13(16)18)6-8-7-15-11-9(8)4-3-5-14-11/h3-5,7,10H,2,6H2,1H3,(H,14,15). The summed E-state index contributed by atoms with van der Waals surface area (Å²) >= 11 is 6.72. The molecular formula is C13H13N3OS2. The van der Waals surface area contributed by atoms with Crippen molar-refractivity contribution in [3.05, 3.63) is 30.1 Å². The van der Waals surface area contributed by atoms with Crippen molar-refractivity contribution in [3.63, 3.8) is 0 Å². The van der Waals surface area contributed by atoms with Gasteiger partial charge in [0.2, 0.25) is 5.91 Å². The third kappa shape index (κ3) is 2.15. The van der Waals surface area contributed by atoms with E-state index in [2.05, 4.69) is 9.97 Å². The fraction of sp³-hybridized carbons (Fsp3) is 0.308. The van der Waals surface area contributed by atoms with Gasteiger partial charge in [0.15, 0.2) is 0 Å². The molecule has 2 aromatic heterocycles. The van der Waals surface area contributed by atoms with Crippen LogP contribution >= 0.6 is 24.0 Å². The van der Waals surface area contributed by atoms with Crippen molar-refractivity contribution >= 4 is 45.2 Å². The minimum atomic E-state index is -0.105. The van der Waals surface area contributed by atoms with Crippen LogP contribution in [0.4, 0.5) is 0 Å². The van der Waals surface area contributed by atoms with Crippen LogP contribution in [-0.4, -0.2) is 36.9 Å². The second kappa shape index (κ2) is 4.94. The summed E-state index contributed by atoms with van der Waals surface area (Å²) in [6.07, 6.45) is 4.38. The molecule has 1 aliphatic rings. The van der Waals surface area contributed by atoms with Gasteiger partial charge in [-0.1, -0.05) is 24.0 Å². The lowest BCUT2D eigenvalue weighted by molar-refractivity contribution is -0.125. The number of nitrogens with one attached hydrogen (secondary N) is 1. The highest BCUT2D eigenvalue weighted by atomic mass is 32.2. The van der Waals surface area contributed by atoms with Gasteiger partial charge < -0.3 is 4.98 Å². The molecular weight excluding hydrogens is 278 g/mol. The zero-order chi connectivity index (χ0) is 13.4. The minimum absolute atomic E-state index is 0.105. The molecule has 0 bridgehead atoms. The van der Waals surface area contributed by atoms with Gasteiger partial charge in [-0.15, -0.1) is 0 Å². The average molecular weight is 291 g/mol. The quantitative estimate of drug-likeness (QED) is 0.882. The van der Waals surface area contributed by atoms with E-state index in [1.165, 1.54) is 11.8 Å². The van der Waals surface area contributed by atoms with Crippen LogP contribution < -0.4 is 0 Å². The summed E-state index contributed by atoms with van der Waals surface area (Å²) in [5.41, 5.74) is 1.98. The third-order valence-electron chi connectivity index (χ3n) is 3.26. The fourth-order valence-electron chi connectivity index (χ4n) is 2.29. The number of carbonyl (C=O) groups excluding carboxylic acids is 1. The second-order valence-electron chi connectivity index (χ2n) is 4.37. The van der Waals surface area contributed by atoms with Gasteiger partial charge in [-0.05, 0) is 31.0 Å². The van der Waals surface area contributed by atoms with Gasteiger partial charge in [0.05, 0.1) is 5.25 Å². The molecule has 1 saturated heterocycles. The van der Waals surface area contributed by atoms with E-state index >= 15 is 0 Å². The molecule has 0 aromatic carbocycles. The first-order valence-corrected chi connectivity index (χ1v) is 7.42. The van der Waals surface area contributed by atoms with Crippen molar-refractivity contribution in [2.45, 2.75) is 18.6 Å². The maximum Gasteiger partial charge on any atom is 0.241 e. The summed E-state index contributed by atoms with van der Waals surface area (Å²) in [7, 11) is 0. The Hall–Kier alpha value is -1.40. The molecule has 1 amide bonds. The number of aromatic amines is 1. The average Bonchev–Trinajstić information content (AvgIpc) is 2.93. The Morgan fingerprint density at radius 3 is 3.16 bits per heavy atom. The number of nitrogens with zero attached hydrogens (tertiary/aromatic N) is 2. The van der Waals surface area contributed by atoms with E-state index in [0.717, 1.165) is 16.6 Å². The Kier molecular flexibility index (Phi) is 3.28. The van der Waals surface area contributed by atoms with Crippen molar-refractivity contribution in [3.8, 4) is 0 Å². The van der Waals surface area contributed by atoms with E-state index in [1.807, 2.05) is 25.3 Å². The number of hydrogen-bond acceptors (Lipinski definition) is 4. The number of pyridine rings is 1. The molecule has 0 saturated carbocycles. The molecule has 0 radical (unpaired) electrons. The van der Waals surface area contributed by atoms with Crippen molar-refractivity contribution in [2.24, 2.45) is 0 Å². The maximum absolute atomic E-state index is 12.2. The molecule has 19 heavy (non-hydrogen) atoms. The summed E-state index contributed by atoms with van der Waals surface area (Å²) in [4.78, 5) is 21.3. The van der Waals surface area contributed by atoms with Crippen molar-refractivity contribution < 1.29 is 4.79 Å². The van der Waals surface area contributed by atoms with Gasteiger partial charge in [0.25, 0.3) is 0 Å². The molecule has 1 N–H and O–H groups in total. The van der Waals surface area contributed by atoms with E-state index in [9.17, 15) is 4.79 Å². The maximum atomic E-state index is 12.2. The molecule has 1 atom stereocenters. The molecule has 1 unspecified atom stereocenters. The smallest absolute Gasteiger partial charge is 0.241 e. The summed E-state index contributed by atoms with van der Waals surface area (Å²) in [6, 6.07) is 3.93. The van der Waals surface area contributed by atoms with Crippen LogP contribution in [0.2, 0.25) is 0 Å². The topological polar surface area (TPSA) is 49.0 Å². The summed E-state index contributed by atoms with van der Waals surface area (Å²) in [5.74, 6) is 0.121. The Morgan fingerprint density at radius 2 is 2.42 bits per heavy atom. The molecule has 6 heteroatoms. The lowest BCUT2D eigenvalue weighted by atomic mass is 10.1. The van der Waals surface area contributed by atoms with Crippen LogP contribution in [-0.2, 0) is 11.2 Å². The number of thioether (sulfide) groups is 1. The molecule has 4 nitrogen and oxygen atoms in total. The second-order valence-corrected chi connectivity index (χ2v) is 6.21. The number of hydrogen-bond donors (Lipinski definition) is 1. The van der Waals surface area contributed by atoms with Crippen LogP contribution in [0.1, 0.15) is 12.5 Å². The minimum Gasteiger partial charge on any atom is -0.346 e. The van der Waals surface area contributed by atoms with Crippen LogP contribution in [0.15, 0.2) is 24.5 Å². The van der Waals surface area contributed by atoms with Gasteiger partial charge in [-0.3, -0.25) is 9.69 Å². The van der Waals surface area contributed by atoms with Crippen LogP contribution in [0, 0.1) is 0 Å². The summed E-state index contributed by atoms with van der Waals surface area (Å²) < 4.78 is 0.690. The zero-order valence-corrected chi connectivity index (χ0v) is 12.1. The Bertz CT molecular complexity index is 652. The van der Waals surface area contributed by atoms with E-state index < -0.39 is 0 Å². The molecule has 3 heterocycles. The highest BCUT2D eigenvalue weighted by molar-refractivity contribution is 8.24. The molecule has 98 valence electrons. The first-order chi connectivity index (χ1) is 9.20. The largest absolute Gasteiger partial charge is 0.346 e. The van der Waals surface area contributed by atoms with Crippen molar-refractivity contribution in [1.82, 2.24) is 14.9 Å². The molecule has 1 fully saturated rings. The Balaban J connectivity index is 1.86. The molecule has 1 aliphatic heterocycles. The lowest BCUT2D eigenvalue weighted by Gasteiger charge is -2.11. The predicted molar refractivity (Wildman–Crippen MR) is 81.2 cm³/mol. The van der Waals surface area contributed by atoms with E-state index in [4.69, 9.17) is 12.2 Å². The SMILES string of the molecule is CCN1C(=O)C(Cc2c[nH]c3ncccc23)SC1=S. The van der Waals surface area contributed by atoms with Crippen LogP contribution in [0.5, 0.6) is 0 Å². The number of H-pyrrole nitrogens is 1. The molecule has 0 spiro atoms. The number of carbonyl (C=O) groups is 1. The highest BCUT2D eigenvalue weighted by Crippen LogP contribution is 2.31. The van der Waals surface area contributed by atoms with Gasteiger partial charge in [0.1, 0.15) is 9.97 Å². The zero-order valence-electron chi connectivity index (χ0n) is 10.4. The van der Waals surface area contributed by atoms with Gasteiger partial charge in [0, 0.05) is 24.3 Å². The fourth-order valence-corrected chi connectivity index (χ4v) is 3.94. The van der Waals surface area contributed by atoms with Crippen LogP contribution in [0.25, 0.3) is 11.0 Å². The van der Waals surface area contributed by atoms with E-state index in [1.54, 1.807) is 11.1 Å². The highest BCUT2D eigenvalue weighted by Gasteiger charge is 2.36. The number of fused-ring (bicyclic) bond motifs is 1. The first-order valence-electron chi connectivity index (χ1n) is 6.13. The van der Waals surface area contributed by atoms with Crippen molar-refractivity contribution in [2.75, 3.05) is 6.54 Å². The molecule has 2 aromatic rings. The number of aromatic nitrogens is 2. The van der Waals surface area contributed by atoms with E-state index in [0.29, 0.717) is 17.3 Å². The van der Waals surface area contributed by atoms with Gasteiger partial charge in [-0.25, -0.2) is 4.98 Å². The summed E-state index contributed by atoms with van der Waals surface area (Å²) in [5, 5.41) is 0.975. The van der Waals surface area contributed by atoms with Crippen molar-refractivity contribution in [1.29, 1.82) is 0 Å². The molecule has 0 aliphatic carbocycles. The molecule has 3 rings (SSSR count). The predicted octanol–water partition coefficient (Wildman–Crippen LogP) is 2.35. The lowest BCUT2D eigenvalue weighted by Crippen LogP contribution is -2.31. The van der Waals surface area contributed by atoms with Gasteiger partial charge >= 0.3 is 0 Å². The normalized spacial score (nSPS) is 19.6. The summed E-state index contributed by atoms with van der Waals surface area (Å²) in [6.45, 7) is 2.60. The Morgan fingerprint density at radius 1 is 1.58 bits per heavy atom. The third-order valence-corrected chi connectivity index (χ3v) is 4.85. The Labute approximate surface area is 120 Å². The van der Waals surface area contributed by atoms with Crippen LogP contribution in [0.3, 0.4) is 0 Å². The van der Waals surface area contributed by atoms with Gasteiger partial charge in [-0.2, -0.15) is 0 Å².